The molecule has 2 aromatic rings. The summed E-state index contributed by atoms with van der Waals surface area (Å²) in [4.78, 5) is 12.6. The van der Waals surface area contributed by atoms with Crippen molar-refractivity contribution in [1.29, 1.82) is 0 Å². The minimum Gasteiger partial charge on any atom is -0.457 e. The van der Waals surface area contributed by atoms with Crippen LogP contribution in [0.2, 0.25) is 0 Å². The summed E-state index contributed by atoms with van der Waals surface area (Å²) in [6.45, 7) is 2.02. The summed E-state index contributed by atoms with van der Waals surface area (Å²) in [5.74, 6) is 1.58. The maximum atomic E-state index is 12.6. The summed E-state index contributed by atoms with van der Waals surface area (Å²) >= 11 is 0. The van der Waals surface area contributed by atoms with Crippen LogP contribution in [0.5, 0.6) is 11.5 Å². The Morgan fingerprint density at radius 2 is 1.68 bits per heavy atom. The van der Waals surface area contributed by atoms with E-state index in [4.69, 9.17) is 15.2 Å². The number of hydrogen-bond donors (Lipinski definition) is 2. The molecule has 0 radical (unpaired) electrons. The molecule has 2 aromatic carbocycles. The van der Waals surface area contributed by atoms with E-state index >= 15 is 0 Å². The SMILES string of the molecule is NCC1(C(=O)NCc2ccc(Oc3ccccc3)cc2)CCOCC1. The van der Waals surface area contributed by atoms with Crippen molar-refractivity contribution in [3.63, 3.8) is 0 Å². The number of nitrogens with one attached hydrogen (secondary N) is 1. The van der Waals surface area contributed by atoms with E-state index in [-0.39, 0.29) is 5.91 Å². The molecule has 0 bridgehead atoms. The highest BCUT2D eigenvalue weighted by Crippen LogP contribution is 2.29. The normalized spacial score (nSPS) is 16.2. The molecular weight excluding hydrogens is 316 g/mol. The standard InChI is InChI=1S/C20H24N2O3/c21-15-20(10-12-24-13-11-20)19(23)22-14-16-6-8-18(9-7-16)25-17-4-2-1-3-5-17/h1-9H,10-15,21H2,(H,22,23). The molecule has 1 amide bonds. The first-order chi connectivity index (χ1) is 12.2. The topological polar surface area (TPSA) is 73.6 Å². The quantitative estimate of drug-likeness (QED) is 0.848. The van der Waals surface area contributed by atoms with Gasteiger partial charge in [0.25, 0.3) is 0 Å². The summed E-state index contributed by atoms with van der Waals surface area (Å²) in [6, 6.07) is 17.4. The zero-order valence-corrected chi connectivity index (χ0v) is 14.2. The lowest BCUT2D eigenvalue weighted by Gasteiger charge is -2.34. The minimum absolute atomic E-state index is 0.0166. The van der Waals surface area contributed by atoms with Crippen LogP contribution in [0.1, 0.15) is 18.4 Å². The summed E-state index contributed by atoms with van der Waals surface area (Å²) in [6.07, 6.45) is 1.36. The summed E-state index contributed by atoms with van der Waals surface area (Å²) in [5.41, 5.74) is 6.40. The predicted molar refractivity (Wildman–Crippen MR) is 96.3 cm³/mol. The Hall–Kier alpha value is -2.37. The zero-order valence-electron chi connectivity index (χ0n) is 14.2. The van der Waals surface area contributed by atoms with Crippen LogP contribution in [-0.2, 0) is 16.1 Å². The van der Waals surface area contributed by atoms with E-state index in [0.717, 1.165) is 17.1 Å². The number of carbonyl (C=O) groups is 1. The lowest BCUT2D eigenvalue weighted by atomic mass is 9.79. The maximum absolute atomic E-state index is 12.6. The van der Waals surface area contributed by atoms with Gasteiger partial charge in [0.2, 0.25) is 5.91 Å². The largest absolute Gasteiger partial charge is 0.457 e. The number of rotatable bonds is 6. The van der Waals surface area contributed by atoms with Crippen LogP contribution in [0, 0.1) is 5.41 Å². The second-order valence-electron chi connectivity index (χ2n) is 6.34. The van der Waals surface area contributed by atoms with Crippen LogP contribution in [0.4, 0.5) is 0 Å². The fraction of sp³-hybridized carbons (Fsp3) is 0.350. The van der Waals surface area contributed by atoms with Gasteiger partial charge in [-0.15, -0.1) is 0 Å². The number of nitrogens with two attached hydrogens (primary N) is 1. The molecular formula is C20H24N2O3. The van der Waals surface area contributed by atoms with Crippen molar-refractivity contribution in [2.75, 3.05) is 19.8 Å². The van der Waals surface area contributed by atoms with Crippen LogP contribution in [-0.4, -0.2) is 25.7 Å². The molecule has 1 saturated heterocycles. The van der Waals surface area contributed by atoms with Gasteiger partial charge in [-0.3, -0.25) is 4.79 Å². The van der Waals surface area contributed by atoms with E-state index in [0.29, 0.717) is 39.1 Å². The predicted octanol–water partition coefficient (Wildman–Crippen LogP) is 2.85. The van der Waals surface area contributed by atoms with Crippen molar-refractivity contribution in [3.8, 4) is 11.5 Å². The lowest BCUT2D eigenvalue weighted by Crippen LogP contribution is -2.48. The molecule has 3 rings (SSSR count). The van der Waals surface area contributed by atoms with Gasteiger partial charge in [0, 0.05) is 26.3 Å². The molecule has 0 saturated carbocycles. The molecule has 0 aliphatic carbocycles. The number of amides is 1. The van der Waals surface area contributed by atoms with E-state index in [9.17, 15) is 4.79 Å². The van der Waals surface area contributed by atoms with Gasteiger partial charge >= 0.3 is 0 Å². The third-order valence-electron chi connectivity index (χ3n) is 4.68. The molecule has 1 heterocycles. The lowest BCUT2D eigenvalue weighted by molar-refractivity contribution is -0.136. The fourth-order valence-electron chi connectivity index (χ4n) is 2.96. The van der Waals surface area contributed by atoms with Gasteiger partial charge in [-0.05, 0) is 42.7 Å². The van der Waals surface area contributed by atoms with Crippen LogP contribution in [0.3, 0.4) is 0 Å². The monoisotopic (exact) mass is 340 g/mol. The Bertz CT molecular complexity index is 680. The first-order valence-corrected chi connectivity index (χ1v) is 8.60. The molecule has 25 heavy (non-hydrogen) atoms. The molecule has 1 aliphatic rings. The number of para-hydroxylation sites is 1. The van der Waals surface area contributed by atoms with Gasteiger partial charge in [-0.2, -0.15) is 0 Å². The van der Waals surface area contributed by atoms with Crippen molar-refractivity contribution in [1.82, 2.24) is 5.32 Å². The molecule has 0 spiro atoms. The van der Waals surface area contributed by atoms with Crippen molar-refractivity contribution < 1.29 is 14.3 Å². The Labute approximate surface area is 148 Å². The van der Waals surface area contributed by atoms with Crippen molar-refractivity contribution in [3.05, 3.63) is 60.2 Å². The van der Waals surface area contributed by atoms with Crippen molar-refractivity contribution >= 4 is 5.91 Å². The molecule has 5 heteroatoms. The van der Waals surface area contributed by atoms with Crippen LogP contribution in [0.25, 0.3) is 0 Å². The number of ether oxygens (including phenoxy) is 2. The Morgan fingerprint density at radius 1 is 1.04 bits per heavy atom. The molecule has 3 N–H and O–H groups in total. The van der Waals surface area contributed by atoms with E-state index in [1.807, 2.05) is 54.6 Å². The first-order valence-electron chi connectivity index (χ1n) is 8.60. The second kappa shape index (κ2) is 8.14. The molecule has 132 valence electrons. The Kier molecular flexibility index (Phi) is 5.68. The average molecular weight is 340 g/mol. The highest BCUT2D eigenvalue weighted by Gasteiger charge is 2.38. The number of hydrogen-bond acceptors (Lipinski definition) is 4. The average Bonchev–Trinajstić information content (AvgIpc) is 2.68. The maximum Gasteiger partial charge on any atom is 0.227 e. The van der Waals surface area contributed by atoms with E-state index < -0.39 is 5.41 Å². The van der Waals surface area contributed by atoms with Gasteiger partial charge in [-0.25, -0.2) is 0 Å². The number of carbonyl (C=O) groups excluding carboxylic acids is 1. The van der Waals surface area contributed by atoms with Crippen LogP contribution < -0.4 is 15.8 Å². The zero-order chi connectivity index (χ0) is 17.5. The smallest absolute Gasteiger partial charge is 0.227 e. The summed E-state index contributed by atoms with van der Waals surface area (Å²) in [7, 11) is 0. The fourth-order valence-corrected chi connectivity index (χ4v) is 2.96. The van der Waals surface area contributed by atoms with Gasteiger partial charge in [0.15, 0.2) is 0 Å². The highest BCUT2D eigenvalue weighted by molar-refractivity contribution is 5.83. The van der Waals surface area contributed by atoms with Crippen molar-refractivity contribution in [2.24, 2.45) is 11.1 Å². The number of benzene rings is 2. The Balaban J connectivity index is 1.55. The summed E-state index contributed by atoms with van der Waals surface area (Å²) in [5, 5.41) is 3.01. The van der Waals surface area contributed by atoms with Gasteiger partial charge < -0.3 is 20.5 Å². The van der Waals surface area contributed by atoms with E-state index in [1.165, 1.54) is 0 Å². The van der Waals surface area contributed by atoms with Gasteiger partial charge in [0.05, 0.1) is 5.41 Å². The molecule has 0 unspecified atom stereocenters. The van der Waals surface area contributed by atoms with Gasteiger partial charge in [-0.1, -0.05) is 30.3 Å². The van der Waals surface area contributed by atoms with Crippen molar-refractivity contribution in [2.45, 2.75) is 19.4 Å². The van der Waals surface area contributed by atoms with Gasteiger partial charge in [0.1, 0.15) is 11.5 Å². The third-order valence-corrected chi connectivity index (χ3v) is 4.68. The highest BCUT2D eigenvalue weighted by atomic mass is 16.5. The van der Waals surface area contributed by atoms with E-state index in [1.54, 1.807) is 0 Å². The third kappa shape index (κ3) is 4.38. The van der Waals surface area contributed by atoms with Crippen LogP contribution in [0.15, 0.2) is 54.6 Å². The minimum atomic E-state index is -0.491. The Morgan fingerprint density at radius 3 is 2.32 bits per heavy atom. The first kappa shape index (κ1) is 17.5. The molecule has 1 fully saturated rings. The molecule has 0 atom stereocenters. The molecule has 0 aromatic heterocycles. The van der Waals surface area contributed by atoms with Crippen LogP contribution >= 0.6 is 0 Å². The summed E-state index contributed by atoms with van der Waals surface area (Å²) < 4.78 is 11.1. The molecule has 5 nitrogen and oxygen atoms in total. The second-order valence-corrected chi connectivity index (χ2v) is 6.34. The van der Waals surface area contributed by atoms with E-state index in [2.05, 4.69) is 5.32 Å². The molecule has 1 aliphatic heterocycles.